The van der Waals surface area contributed by atoms with Crippen molar-refractivity contribution >= 4 is 17.7 Å². The number of nitrogens with zero attached hydrogens (tertiary/aromatic N) is 3. The standard InChI is InChI=1S/C14H20N6S/c15-14(18-6-1-3-12-9-17-11-20-12)19-7-8-21-13-4-2-5-16-10-13/h2,4-5,9-11H,1,3,6-8H2,(H,17,20)(H3,15,18,19). The zero-order chi connectivity index (χ0) is 14.8. The molecule has 0 saturated heterocycles. The number of guanidine groups is 1. The second-order valence-electron chi connectivity index (χ2n) is 4.41. The molecule has 0 atom stereocenters. The van der Waals surface area contributed by atoms with Crippen LogP contribution in [0.5, 0.6) is 0 Å². The highest BCUT2D eigenvalue weighted by Crippen LogP contribution is 2.14. The molecule has 2 heterocycles. The van der Waals surface area contributed by atoms with Crippen LogP contribution in [0.4, 0.5) is 0 Å². The number of hydrogen-bond donors (Lipinski definition) is 3. The number of nitrogens with one attached hydrogen (secondary N) is 2. The van der Waals surface area contributed by atoms with Gasteiger partial charge in [-0.2, -0.15) is 0 Å². The van der Waals surface area contributed by atoms with Crippen molar-refractivity contribution in [1.82, 2.24) is 20.3 Å². The van der Waals surface area contributed by atoms with Gasteiger partial charge in [-0.1, -0.05) is 0 Å². The van der Waals surface area contributed by atoms with Gasteiger partial charge in [-0.25, -0.2) is 4.98 Å². The van der Waals surface area contributed by atoms with Crippen LogP contribution < -0.4 is 11.1 Å². The van der Waals surface area contributed by atoms with E-state index >= 15 is 0 Å². The number of hydrogen-bond acceptors (Lipinski definition) is 4. The maximum Gasteiger partial charge on any atom is 0.188 e. The van der Waals surface area contributed by atoms with Crippen molar-refractivity contribution in [3.05, 3.63) is 42.7 Å². The zero-order valence-corrected chi connectivity index (χ0v) is 12.6. The molecule has 0 bridgehead atoms. The van der Waals surface area contributed by atoms with E-state index in [4.69, 9.17) is 5.73 Å². The third-order valence-corrected chi connectivity index (χ3v) is 3.74. The van der Waals surface area contributed by atoms with Gasteiger partial charge in [-0.05, 0) is 25.0 Å². The number of rotatable bonds is 8. The maximum atomic E-state index is 5.81. The fourth-order valence-electron chi connectivity index (χ4n) is 1.73. The van der Waals surface area contributed by atoms with E-state index in [2.05, 4.69) is 25.3 Å². The molecular formula is C14H20N6S. The molecule has 2 rings (SSSR count). The minimum atomic E-state index is 0.506. The summed E-state index contributed by atoms with van der Waals surface area (Å²) in [5, 5.41) is 3.11. The van der Waals surface area contributed by atoms with E-state index < -0.39 is 0 Å². The summed E-state index contributed by atoms with van der Waals surface area (Å²) in [5.41, 5.74) is 6.94. The third-order valence-electron chi connectivity index (χ3n) is 2.75. The van der Waals surface area contributed by atoms with Gasteiger partial charge < -0.3 is 16.0 Å². The Labute approximate surface area is 128 Å². The molecule has 2 aromatic rings. The summed E-state index contributed by atoms with van der Waals surface area (Å²) in [4.78, 5) is 16.6. The first kappa shape index (κ1) is 15.4. The van der Waals surface area contributed by atoms with Crippen LogP contribution in [0.2, 0.25) is 0 Å². The van der Waals surface area contributed by atoms with Gasteiger partial charge in [0.25, 0.3) is 0 Å². The summed E-state index contributed by atoms with van der Waals surface area (Å²) in [6.45, 7) is 1.50. The van der Waals surface area contributed by atoms with Crippen molar-refractivity contribution in [2.75, 3.05) is 18.8 Å². The van der Waals surface area contributed by atoms with Gasteiger partial charge in [-0.15, -0.1) is 11.8 Å². The van der Waals surface area contributed by atoms with Crippen molar-refractivity contribution in [1.29, 1.82) is 0 Å². The number of thioether (sulfide) groups is 1. The Hall–Kier alpha value is -2.02. The Balaban J connectivity index is 1.54. The Morgan fingerprint density at radius 1 is 1.38 bits per heavy atom. The molecule has 0 aliphatic carbocycles. The van der Waals surface area contributed by atoms with E-state index in [1.807, 2.05) is 24.5 Å². The van der Waals surface area contributed by atoms with E-state index in [9.17, 15) is 0 Å². The number of aromatic amines is 1. The van der Waals surface area contributed by atoms with Crippen molar-refractivity contribution in [2.24, 2.45) is 10.7 Å². The van der Waals surface area contributed by atoms with Crippen LogP contribution >= 0.6 is 11.8 Å². The summed E-state index contributed by atoms with van der Waals surface area (Å²) in [6.07, 6.45) is 9.05. The van der Waals surface area contributed by atoms with Gasteiger partial charge in [0, 0.05) is 48.0 Å². The lowest BCUT2D eigenvalue weighted by Crippen LogP contribution is -2.33. The first-order chi connectivity index (χ1) is 10.3. The first-order valence-electron chi connectivity index (χ1n) is 6.88. The molecule has 0 fully saturated rings. The minimum Gasteiger partial charge on any atom is -0.370 e. The fourth-order valence-corrected chi connectivity index (χ4v) is 2.48. The highest BCUT2D eigenvalue weighted by Gasteiger charge is 1.96. The largest absolute Gasteiger partial charge is 0.370 e. The van der Waals surface area contributed by atoms with Crippen LogP contribution in [0.3, 0.4) is 0 Å². The Bertz CT molecular complexity index is 526. The topological polar surface area (TPSA) is 92.0 Å². The second kappa shape index (κ2) is 9.02. The van der Waals surface area contributed by atoms with E-state index in [1.54, 1.807) is 24.3 Å². The monoisotopic (exact) mass is 304 g/mol. The number of nitrogens with two attached hydrogens (primary N) is 1. The van der Waals surface area contributed by atoms with Gasteiger partial charge in [0.2, 0.25) is 0 Å². The Kier molecular flexibility index (Phi) is 6.60. The second-order valence-corrected chi connectivity index (χ2v) is 5.58. The zero-order valence-electron chi connectivity index (χ0n) is 11.8. The molecule has 0 radical (unpaired) electrons. The summed E-state index contributed by atoms with van der Waals surface area (Å²) >= 11 is 1.74. The first-order valence-corrected chi connectivity index (χ1v) is 7.87. The Morgan fingerprint density at radius 2 is 2.33 bits per heavy atom. The lowest BCUT2D eigenvalue weighted by molar-refractivity contribution is 0.806. The predicted octanol–water partition coefficient (Wildman–Crippen LogP) is 1.43. The van der Waals surface area contributed by atoms with Crippen molar-refractivity contribution < 1.29 is 0 Å². The average Bonchev–Trinajstić information content (AvgIpc) is 3.02. The summed E-state index contributed by atoms with van der Waals surface area (Å²) in [7, 11) is 0. The number of aryl methyl sites for hydroxylation is 1. The lowest BCUT2D eigenvalue weighted by Gasteiger charge is -2.05. The van der Waals surface area contributed by atoms with Crippen LogP contribution in [0.15, 0.2) is 46.9 Å². The van der Waals surface area contributed by atoms with Gasteiger partial charge in [0.15, 0.2) is 5.96 Å². The molecule has 21 heavy (non-hydrogen) atoms. The lowest BCUT2D eigenvalue weighted by atomic mass is 10.2. The normalized spacial score (nSPS) is 11.5. The average molecular weight is 304 g/mol. The van der Waals surface area contributed by atoms with Gasteiger partial charge in [0.05, 0.1) is 6.33 Å². The summed E-state index contributed by atoms with van der Waals surface area (Å²) < 4.78 is 0. The van der Waals surface area contributed by atoms with E-state index in [-0.39, 0.29) is 0 Å². The van der Waals surface area contributed by atoms with E-state index in [0.29, 0.717) is 12.5 Å². The van der Waals surface area contributed by atoms with E-state index in [1.165, 1.54) is 0 Å². The summed E-state index contributed by atoms with van der Waals surface area (Å²) in [6, 6.07) is 3.98. The number of pyridine rings is 1. The molecule has 0 unspecified atom stereocenters. The van der Waals surface area contributed by atoms with Gasteiger partial charge >= 0.3 is 0 Å². The molecule has 0 saturated carbocycles. The van der Waals surface area contributed by atoms with Crippen molar-refractivity contribution in [3.8, 4) is 0 Å². The molecule has 112 valence electrons. The molecule has 0 aromatic carbocycles. The number of aromatic nitrogens is 3. The summed E-state index contributed by atoms with van der Waals surface area (Å²) in [5.74, 6) is 1.43. The maximum absolute atomic E-state index is 5.81. The molecular weight excluding hydrogens is 284 g/mol. The van der Waals surface area contributed by atoms with E-state index in [0.717, 1.165) is 35.7 Å². The smallest absolute Gasteiger partial charge is 0.188 e. The number of aliphatic imine (C=N–C) groups is 1. The van der Waals surface area contributed by atoms with Gasteiger partial charge in [0.1, 0.15) is 0 Å². The molecule has 4 N–H and O–H groups in total. The third kappa shape index (κ3) is 6.31. The highest BCUT2D eigenvalue weighted by molar-refractivity contribution is 7.99. The van der Waals surface area contributed by atoms with Crippen LogP contribution in [0, 0.1) is 0 Å². The fraction of sp³-hybridized carbons (Fsp3) is 0.357. The molecule has 6 nitrogen and oxygen atoms in total. The molecule has 2 aromatic heterocycles. The minimum absolute atomic E-state index is 0.506. The quantitative estimate of drug-likeness (QED) is 0.297. The van der Waals surface area contributed by atoms with Crippen LogP contribution in [-0.2, 0) is 6.42 Å². The molecule has 0 aliphatic heterocycles. The molecule has 7 heteroatoms. The highest BCUT2D eigenvalue weighted by atomic mass is 32.2. The molecule has 0 spiro atoms. The Morgan fingerprint density at radius 3 is 3.10 bits per heavy atom. The van der Waals surface area contributed by atoms with Crippen molar-refractivity contribution in [2.45, 2.75) is 17.7 Å². The molecule has 0 aliphatic rings. The number of H-pyrrole nitrogens is 1. The van der Waals surface area contributed by atoms with Crippen LogP contribution in [0.25, 0.3) is 0 Å². The van der Waals surface area contributed by atoms with Crippen LogP contribution in [0.1, 0.15) is 12.1 Å². The van der Waals surface area contributed by atoms with Crippen molar-refractivity contribution in [3.63, 3.8) is 0 Å². The van der Waals surface area contributed by atoms with Crippen LogP contribution in [-0.4, -0.2) is 39.8 Å². The SMILES string of the molecule is NC(=NCCCc1cnc[nH]1)NCCSc1cccnc1. The molecule has 0 amide bonds. The number of imidazole rings is 1. The predicted molar refractivity (Wildman–Crippen MR) is 86.4 cm³/mol. The van der Waals surface area contributed by atoms with Gasteiger partial charge in [-0.3, -0.25) is 9.98 Å².